The number of halogens is 1. The van der Waals surface area contributed by atoms with Crippen LogP contribution in [0.4, 0.5) is 0 Å². The van der Waals surface area contributed by atoms with Crippen molar-refractivity contribution in [3.05, 3.63) is 0 Å². The molecule has 0 aromatic heterocycles. The Bertz CT molecular complexity index is 304. The van der Waals surface area contributed by atoms with Crippen LogP contribution in [0.5, 0.6) is 0 Å². The Morgan fingerprint density at radius 1 is 0.630 bits per heavy atom. The van der Waals surface area contributed by atoms with E-state index in [1.54, 1.807) is 0 Å². The second-order valence-corrected chi connectivity index (χ2v) is 6.61. The van der Waals surface area contributed by atoms with Crippen molar-refractivity contribution >= 4 is 17.6 Å². The lowest BCUT2D eigenvalue weighted by Gasteiger charge is -2.08. The van der Waals surface area contributed by atoms with E-state index >= 15 is 0 Å². The van der Waals surface area contributed by atoms with Gasteiger partial charge in [-0.15, -0.1) is 11.6 Å². The standard InChI is InChI=1S/C20H39ClO6/c1-2-3-6-9-20(22)27-19-18-26-17-16-25-15-14-24-13-12-23-11-8-5-4-7-10-21/h2-19H2,1H3. The first kappa shape index (κ1) is 26.6. The summed E-state index contributed by atoms with van der Waals surface area (Å²) in [4.78, 5) is 11.4. The van der Waals surface area contributed by atoms with E-state index in [2.05, 4.69) is 6.92 Å². The molecule has 0 spiro atoms. The monoisotopic (exact) mass is 410 g/mol. The van der Waals surface area contributed by atoms with Gasteiger partial charge >= 0.3 is 5.97 Å². The summed E-state index contributed by atoms with van der Waals surface area (Å²) in [5, 5.41) is 0. The smallest absolute Gasteiger partial charge is 0.305 e. The number of hydrogen-bond donors (Lipinski definition) is 0. The fraction of sp³-hybridized carbons (Fsp3) is 0.950. The van der Waals surface area contributed by atoms with Crippen molar-refractivity contribution in [2.45, 2.75) is 58.3 Å². The average molecular weight is 411 g/mol. The van der Waals surface area contributed by atoms with Gasteiger partial charge in [0.05, 0.1) is 46.2 Å². The molecule has 0 saturated carbocycles. The van der Waals surface area contributed by atoms with Crippen LogP contribution in [0, 0.1) is 0 Å². The van der Waals surface area contributed by atoms with Crippen molar-refractivity contribution in [1.82, 2.24) is 0 Å². The van der Waals surface area contributed by atoms with E-state index in [1.165, 1.54) is 12.8 Å². The first-order valence-electron chi connectivity index (χ1n) is 10.3. The van der Waals surface area contributed by atoms with Crippen molar-refractivity contribution in [3.8, 4) is 0 Å². The molecule has 0 radical (unpaired) electrons. The third kappa shape index (κ3) is 23.6. The van der Waals surface area contributed by atoms with Crippen molar-refractivity contribution in [1.29, 1.82) is 0 Å². The number of rotatable bonds is 22. The maximum Gasteiger partial charge on any atom is 0.305 e. The van der Waals surface area contributed by atoms with Gasteiger partial charge in [-0.1, -0.05) is 32.6 Å². The minimum atomic E-state index is -0.143. The maximum absolute atomic E-state index is 11.4. The zero-order valence-corrected chi connectivity index (χ0v) is 17.8. The van der Waals surface area contributed by atoms with Gasteiger partial charge in [0, 0.05) is 18.9 Å². The Morgan fingerprint density at radius 3 is 1.70 bits per heavy atom. The highest BCUT2D eigenvalue weighted by Crippen LogP contribution is 2.01. The van der Waals surface area contributed by atoms with E-state index in [4.69, 9.17) is 35.3 Å². The first-order valence-corrected chi connectivity index (χ1v) is 10.9. The van der Waals surface area contributed by atoms with Crippen molar-refractivity contribution in [3.63, 3.8) is 0 Å². The Balaban J connectivity index is 3.06. The number of carbonyl (C=O) groups is 1. The van der Waals surface area contributed by atoms with Crippen molar-refractivity contribution < 1.29 is 28.5 Å². The summed E-state index contributed by atoms with van der Waals surface area (Å²) in [5.74, 6) is 0.605. The fourth-order valence-corrected chi connectivity index (χ4v) is 2.41. The lowest BCUT2D eigenvalue weighted by molar-refractivity contribution is -0.145. The summed E-state index contributed by atoms with van der Waals surface area (Å²) >= 11 is 5.62. The predicted octanol–water partition coefficient (Wildman–Crippen LogP) is 3.98. The molecule has 0 atom stereocenters. The number of unbranched alkanes of at least 4 members (excludes halogenated alkanes) is 5. The Labute approximate surface area is 170 Å². The molecule has 0 aliphatic carbocycles. The molecule has 0 bridgehead atoms. The lowest BCUT2D eigenvalue weighted by atomic mass is 10.2. The van der Waals surface area contributed by atoms with E-state index < -0.39 is 0 Å². The van der Waals surface area contributed by atoms with Crippen LogP contribution >= 0.6 is 11.6 Å². The lowest BCUT2D eigenvalue weighted by Crippen LogP contribution is -2.14. The molecule has 0 fully saturated rings. The number of carbonyl (C=O) groups excluding carboxylic acids is 1. The Hall–Kier alpha value is -0.400. The summed E-state index contributed by atoms with van der Waals surface area (Å²) in [6, 6.07) is 0. The summed E-state index contributed by atoms with van der Waals surface area (Å²) in [5.41, 5.74) is 0. The molecule has 6 nitrogen and oxygen atoms in total. The highest BCUT2D eigenvalue weighted by atomic mass is 35.5. The molecule has 7 heteroatoms. The molecular formula is C20H39ClO6. The molecule has 0 aromatic carbocycles. The molecule has 27 heavy (non-hydrogen) atoms. The van der Waals surface area contributed by atoms with Crippen LogP contribution in [0.2, 0.25) is 0 Å². The van der Waals surface area contributed by atoms with Crippen LogP contribution in [0.1, 0.15) is 58.3 Å². The van der Waals surface area contributed by atoms with E-state index in [-0.39, 0.29) is 5.97 Å². The largest absolute Gasteiger partial charge is 0.463 e. The molecule has 0 unspecified atom stereocenters. The number of alkyl halides is 1. The van der Waals surface area contributed by atoms with E-state index in [0.717, 1.165) is 44.6 Å². The van der Waals surface area contributed by atoms with E-state index in [0.29, 0.717) is 59.3 Å². The topological polar surface area (TPSA) is 63.2 Å². The molecule has 0 rings (SSSR count). The molecule has 162 valence electrons. The molecular weight excluding hydrogens is 372 g/mol. The molecule has 0 aliphatic heterocycles. The van der Waals surface area contributed by atoms with Crippen molar-refractivity contribution in [2.24, 2.45) is 0 Å². The van der Waals surface area contributed by atoms with E-state index in [1.807, 2.05) is 0 Å². The van der Waals surface area contributed by atoms with E-state index in [9.17, 15) is 4.79 Å². The van der Waals surface area contributed by atoms with Crippen LogP contribution in [-0.4, -0.2) is 71.3 Å². The van der Waals surface area contributed by atoms with Crippen LogP contribution in [0.25, 0.3) is 0 Å². The van der Waals surface area contributed by atoms with Crippen LogP contribution in [0.3, 0.4) is 0 Å². The SMILES string of the molecule is CCCCCC(=O)OCCOCCOCCOCCOCCCCCCCl. The third-order valence-corrected chi connectivity index (χ3v) is 4.03. The highest BCUT2D eigenvalue weighted by molar-refractivity contribution is 6.17. The first-order chi connectivity index (χ1) is 13.3. The fourth-order valence-electron chi connectivity index (χ4n) is 2.22. The maximum atomic E-state index is 11.4. The summed E-state index contributed by atoms with van der Waals surface area (Å²) in [6.45, 7) is 6.89. The van der Waals surface area contributed by atoms with Crippen LogP contribution in [-0.2, 0) is 28.5 Å². The van der Waals surface area contributed by atoms with Crippen LogP contribution < -0.4 is 0 Å². The quantitative estimate of drug-likeness (QED) is 0.153. The van der Waals surface area contributed by atoms with Gasteiger partial charge in [-0.25, -0.2) is 0 Å². The van der Waals surface area contributed by atoms with Crippen molar-refractivity contribution in [2.75, 3.05) is 65.3 Å². The summed E-state index contributed by atoms with van der Waals surface area (Å²) in [6.07, 6.45) is 8.07. The molecule has 0 amide bonds. The Kier molecular flexibility index (Phi) is 23.3. The molecule has 0 saturated heterocycles. The molecule has 0 N–H and O–H groups in total. The average Bonchev–Trinajstić information content (AvgIpc) is 2.67. The number of hydrogen-bond acceptors (Lipinski definition) is 6. The third-order valence-electron chi connectivity index (χ3n) is 3.76. The second kappa shape index (κ2) is 23.6. The van der Waals surface area contributed by atoms with Gasteiger partial charge < -0.3 is 23.7 Å². The molecule has 0 aromatic rings. The van der Waals surface area contributed by atoms with Gasteiger partial charge in [0.1, 0.15) is 6.61 Å². The zero-order valence-electron chi connectivity index (χ0n) is 17.1. The minimum absolute atomic E-state index is 0.143. The second-order valence-electron chi connectivity index (χ2n) is 6.23. The number of ether oxygens (including phenoxy) is 5. The summed E-state index contributed by atoms with van der Waals surface area (Å²) in [7, 11) is 0. The predicted molar refractivity (Wildman–Crippen MR) is 108 cm³/mol. The van der Waals surface area contributed by atoms with Gasteiger partial charge in [-0.3, -0.25) is 4.79 Å². The zero-order chi connectivity index (χ0) is 19.8. The van der Waals surface area contributed by atoms with Crippen LogP contribution in [0.15, 0.2) is 0 Å². The van der Waals surface area contributed by atoms with Gasteiger partial charge in [0.2, 0.25) is 0 Å². The highest BCUT2D eigenvalue weighted by Gasteiger charge is 2.01. The molecule has 0 heterocycles. The number of esters is 1. The van der Waals surface area contributed by atoms with Gasteiger partial charge in [0.15, 0.2) is 0 Å². The summed E-state index contributed by atoms with van der Waals surface area (Å²) < 4.78 is 26.7. The minimum Gasteiger partial charge on any atom is -0.463 e. The molecule has 0 aliphatic rings. The van der Waals surface area contributed by atoms with Gasteiger partial charge in [-0.05, 0) is 19.3 Å². The Morgan fingerprint density at radius 2 is 1.15 bits per heavy atom. The van der Waals surface area contributed by atoms with Gasteiger partial charge in [0.25, 0.3) is 0 Å². The normalized spacial score (nSPS) is 11.0. The van der Waals surface area contributed by atoms with Gasteiger partial charge in [-0.2, -0.15) is 0 Å².